The number of rotatable bonds is 7. The number of halogens is 2. The third kappa shape index (κ3) is 5.18. The molecule has 1 N–H and O–H groups in total. The van der Waals surface area contributed by atoms with Gasteiger partial charge in [0, 0.05) is 11.4 Å². The Morgan fingerprint density at radius 3 is 2.76 bits per heavy atom. The van der Waals surface area contributed by atoms with Crippen molar-refractivity contribution >= 4 is 39.3 Å². The van der Waals surface area contributed by atoms with Crippen LogP contribution in [0.1, 0.15) is 5.56 Å². The number of methoxy groups -OCH3 is 1. The Morgan fingerprint density at radius 1 is 1.31 bits per heavy atom. The number of nitrogens with one attached hydrogen (secondary N) is 1. The Hall–Kier alpha value is -2.78. The molecule has 152 valence electrons. The fraction of sp³-hybridized carbons (Fsp3) is 0.211. The number of nitrogens with zero attached hydrogens (tertiary/aromatic N) is 2. The predicted octanol–water partition coefficient (Wildman–Crippen LogP) is 4.31. The maximum absolute atomic E-state index is 12.1. The van der Waals surface area contributed by atoms with Gasteiger partial charge in [-0.3, -0.25) is 5.32 Å². The van der Waals surface area contributed by atoms with Crippen LogP contribution < -0.4 is 15.8 Å². The highest BCUT2D eigenvalue weighted by Crippen LogP contribution is 2.36. The molecular weight excluding hydrogens is 466 g/mol. The number of carbonyl (C=O) groups is 1. The first-order chi connectivity index (χ1) is 14.0. The summed E-state index contributed by atoms with van der Waals surface area (Å²) in [7, 11) is 1.44. The third-order valence-electron chi connectivity index (χ3n) is 3.87. The fourth-order valence-corrected chi connectivity index (χ4v) is 3.04. The molecule has 10 heteroatoms. The van der Waals surface area contributed by atoms with Gasteiger partial charge in [0.2, 0.25) is 0 Å². The molecule has 3 rings (SSSR count). The number of ether oxygens (including phenoxy) is 2. The van der Waals surface area contributed by atoms with Crippen molar-refractivity contribution in [1.82, 2.24) is 9.78 Å². The summed E-state index contributed by atoms with van der Waals surface area (Å²) >= 11 is 9.54. The molecule has 0 aliphatic heterocycles. The van der Waals surface area contributed by atoms with E-state index in [1.54, 1.807) is 0 Å². The van der Waals surface area contributed by atoms with Crippen LogP contribution in [-0.4, -0.2) is 28.3 Å². The zero-order valence-electron chi connectivity index (χ0n) is 15.4. The van der Waals surface area contributed by atoms with E-state index >= 15 is 0 Å². The van der Waals surface area contributed by atoms with Crippen molar-refractivity contribution in [2.75, 3.05) is 17.8 Å². The average molecular weight is 483 g/mol. The molecule has 1 heterocycles. The smallest absolute Gasteiger partial charge is 0.437 e. The van der Waals surface area contributed by atoms with Crippen molar-refractivity contribution in [1.29, 1.82) is 0 Å². The summed E-state index contributed by atoms with van der Waals surface area (Å²) in [6.45, 7) is 0.473. The quantitative estimate of drug-likeness (QED) is 0.504. The first kappa shape index (κ1) is 20.9. The van der Waals surface area contributed by atoms with Crippen LogP contribution in [0, 0.1) is 0 Å². The monoisotopic (exact) mass is 481 g/mol. The Balaban J connectivity index is 1.78. The lowest BCUT2D eigenvalue weighted by molar-refractivity contribution is 0.155. The third-order valence-corrected chi connectivity index (χ3v) is 4.54. The summed E-state index contributed by atoms with van der Waals surface area (Å²) in [4.78, 5) is 24.0. The van der Waals surface area contributed by atoms with Crippen molar-refractivity contribution in [3.63, 3.8) is 0 Å². The topological polar surface area (TPSA) is 95.6 Å². The maximum atomic E-state index is 12.1. The molecule has 0 spiro atoms. The second-order valence-electron chi connectivity index (χ2n) is 5.80. The zero-order valence-corrected chi connectivity index (χ0v) is 17.7. The van der Waals surface area contributed by atoms with E-state index in [9.17, 15) is 9.59 Å². The van der Waals surface area contributed by atoms with E-state index in [4.69, 9.17) is 25.5 Å². The van der Waals surface area contributed by atoms with Gasteiger partial charge in [-0.05, 0) is 11.6 Å². The van der Waals surface area contributed by atoms with Gasteiger partial charge >= 0.3 is 11.8 Å². The zero-order chi connectivity index (χ0) is 20.8. The summed E-state index contributed by atoms with van der Waals surface area (Å²) in [5.74, 6) is -0.211. The fourth-order valence-electron chi connectivity index (χ4n) is 2.49. The molecule has 0 aliphatic rings. The van der Waals surface area contributed by atoms with Crippen LogP contribution in [0.2, 0.25) is 5.02 Å². The number of alkyl halides is 1. The van der Waals surface area contributed by atoms with Gasteiger partial charge in [-0.2, -0.15) is 4.68 Å². The van der Waals surface area contributed by atoms with Gasteiger partial charge in [0.1, 0.15) is 12.4 Å². The molecule has 0 aliphatic carbocycles. The minimum atomic E-state index is -0.668. The molecule has 8 nitrogen and oxygen atoms in total. The van der Waals surface area contributed by atoms with Gasteiger partial charge < -0.3 is 13.9 Å². The van der Waals surface area contributed by atoms with Crippen molar-refractivity contribution in [3.8, 4) is 17.2 Å². The Kier molecular flexibility index (Phi) is 6.95. The maximum Gasteiger partial charge on any atom is 0.437 e. The van der Waals surface area contributed by atoms with E-state index in [1.165, 1.54) is 23.9 Å². The van der Waals surface area contributed by atoms with Crippen LogP contribution in [0.5, 0.6) is 5.75 Å². The van der Waals surface area contributed by atoms with Crippen LogP contribution >= 0.6 is 27.5 Å². The second-order valence-corrected chi connectivity index (χ2v) is 7.00. The predicted molar refractivity (Wildman–Crippen MR) is 112 cm³/mol. The van der Waals surface area contributed by atoms with Crippen LogP contribution in [0.4, 0.5) is 10.5 Å². The standard InChI is InChI=1S/C19H17BrClN3O5/c1-27-16-10-15(22-18(25)28-11-12-5-3-2-4-6-12)14(21)9-13(16)17-23-24(8-7-20)19(26)29-17/h2-6,9-10H,7-8,11H2,1H3,(H,22,25). The van der Waals surface area contributed by atoms with Gasteiger partial charge in [-0.15, -0.1) is 5.10 Å². The highest BCUT2D eigenvalue weighted by atomic mass is 79.9. The second kappa shape index (κ2) is 9.62. The van der Waals surface area contributed by atoms with Crippen molar-refractivity contribution in [2.24, 2.45) is 0 Å². The largest absolute Gasteiger partial charge is 0.496 e. The summed E-state index contributed by atoms with van der Waals surface area (Å²) in [6.07, 6.45) is -0.668. The Bertz CT molecular complexity index is 1050. The minimum Gasteiger partial charge on any atom is -0.496 e. The minimum absolute atomic E-state index is 0.0629. The molecule has 0 saturated carbocycles. The molecule has 0 radical (unpaired) electrons. The lowest BCUT2D eigenvalue weighted by Gasteiger charge is -2.12. The molecule has 0 atom stereocenters. The first-order valence-electron chi connectivity index (χ1n) is 8.51. The van der Waals surface area contributed by atoms with Crippen LogP contribution in [-0.2, 0) is 17.9 Å². The summed E-state index contributed by atoms with van der Waals surface area (Å²) < 4.78 is 16.9. The normalized spacial score (nSPS) is 10.6. The average Bonchev–Trinajstić information content (AvgIpc) is 3.09. The summed E-state index contributed by atoms with van der Waals surface area (Å²) in [5.41, 5.74) is 1.52. The molecular formula is C19H17BrClN3O5. The number of amides is 1. The lowest BCUT2D eigenvalue weighted by atomic mass is 10.1. The molecule has 3 aromatic rings. The number of hydrogen-bond donors (Lipinski definition) is 1. The first-order valence-corrected chi connectivity index (χ1v) is 10.0. The van der Waals surface area contributed by atoms with Crippen LogP contribution in [0.15, 0.2) is 51.7 Å². The summed E-state index contributed by atoms with van der Waals surface area (Å²) in [6, 6.07) is 12.3. The molecule has 1 amide bonds. The van der Waals surface area contributed by atoms with Gasteiger partial charge in [0.25, 0.3) is 5.89 Å². The number of benzene rings is 2. The number of carbonyl (C=O) groups excluding carboxylic acids is 1. The molecule has 2 aromatic carbocycles. The van der Waals surface area contributed by atoms with E-state index in [2.05, 4.69) is 26.3 Å². The SMILES string of the molecule is COc1cc(NC(=O)OCc2ccccc2)c(Cl)cc1-c1nn(CCBr)c(=O)o1. The Labute approximate surface area is 179 Å². The Morgan fingerprint density at radius 2 is 2.07 bits per heavy atom. The van der Waals surface area contributed by atoms with Gasteiger partial charge in [0.05, 0.1) is 29.9 Å². The molecule has 29 heavy (non-hydrogen) atoms. The van der Waals surface area contributed by atoms with Crippen molar-refractivity contribution in [3.05, 3.63) is 63.6 Å². The molecule has 0 bridgehead atoms. The molecule has 0 fully saturated rings. The number of hydrogen-bond acceptors (Lipinski definition) is 6. The molecule has 1 aromatic heterocycles. The summed E-state index contributed by atoms with van der Waals surface area (Å²) in [5, 5.41) is 7.45. The highest BCUT2D eigenvalue weighted by molar-refractivity contribution is 9.09. The van der Waals surface area contributed by atoms with Gasteiger partial charge in [0.15, 0.2) is 0 Å². The van der Waals surface area contributed by atoms with Gasteiger partial charge in [-0.1, -0.05) is 57.9 Å². The van der Waals surface area contributed by atoms with E-state index in [0.717, 1.165) is 5.56 Å². The van der Waals surface area contributed by atoms with E-state index in [-0.39, 0.29) is 23.2 Å². The number of aryl methyl sites for hydroxylation is 1. The van der Waals surface area contributed by atoms with Crippen molar-refractivity contribution in [2.45, 2.75) is 13.2 Å². The van der Waals surface area contributed by atoms with Gasteiger partial charge in [-0.25, -0.2) is 9.59 Å². The van der Waals surface area contributed by atoms with E-state index in [1.807, 2.05) is 30.3 Å². The van der Waals surface area contributed by atoms with E-state index < -0.39 is 11.8 Å². The van der Waals surface area contributed by atoms with Crippen LogP contribution in [0.25, 0.3) is 11.5 Å². The van der Waals surface area contributed by atoms with Crippen LogP contribution in [0.3, 0.4) is 0 Å². The number of anilines is 1. The molecule has 0 unspecified atom stereocenters. The number of aromatic nitrogens is 2. The highest BCUT2D eigenvalue weighted by Gasteiger charge is 2.19. The molecule has 0 saturated heterocycles. The van der Waals surface area contributed by atoms with Crippen molar-refractivity contribution < 1.29 is 18.7 Å². The van der Waals surface area contributed by atoms with E-state index in [0.29, 0.717) is 23.2 Å². The lowest BCUT2D eigenvalue weighted by Crippen LogP contribution is -2.16.